The fraction of sp³-hybridized carbons (Fsp3) is 0.294. The van der Waals surface area contributed by atoms with E-state index in [-0.39, 0.29) is 23.8 Å². The van der Waals surface area contributed by atoms with Gasteiger partial charge in [0.2, 0.25) is 5.91 Å². The summed E-state index contributed by atoms with van der Waals surface area (Å²) in [5.74, 6) is -0.266. The minimum absolute atomic E-state index is 0.0715. The second kappa shape index (κ2) is 7.44. The van der Waals surface area contributed by atoms with Crippen LogP contribution in [0, 0.1) is 5.82 Å². The van der Waals surface area contributed by atoms with Crippen LogP contribution >= 0.6 is 11.3 Å². The molecule has 0 unspecified atom stereocenters. The van der Waals surface area contributed by atoms with Crippen molar-refractivity contribution in [2.45, 2.75) is 18.9 Å². The van der Waals surface area contributed by atoms with Gasteiger partial charge in [0, 0.05) is 29.7 Å². The molecule has 1 fully saturated rings. The maximum atomic E-state index is 12.8. The van der Waals surface area contributed by atoms with Crippen LogP contribution in [0.1, 0.15) is 11.3 Å². The van der Waals surface area contributed by atoms with E-state index in [1.807, 2.05) is 17.5 Å². The largest absolute Gasteiger partial charge is 0.340 e. The molecule has 1 atom stereocenters. The topological polar surface area (TPSA) is 61.4 Å². The average molecular weight is 347 g/mol. The highest BCUT2D eigenvalue weighted by Gasteiger charge is 2.27. The van der Waals surface area contributed by atoms with Crippen molar-refractivity contribution in [3.8, 4) is 0 Å². The minimum Gasteiger partial charge on any atom is -0.340 e. The molecule has 0 saturated carbocycles. The first-order valence-corrected chi connectivity index (χ1v) is 8.61. The molecule has 0 bridgehead atoms. The fourth-order valence-electron chi connectivity index (χ4n) is 2.66. The Balaban J connectivity index is 1.46. The number of carbonyl (C=O) groups excluding carboxylic acids is 2. The quantitative estimate of drug-likeness (QED) is 0.893. The summed E-state index contributed by atoms with van der Waals surface area (Å²) in [6, 6.07) is 9.04. The summed E-state index contributed by atoms with van der Waals surface area (Å²) in [4.78, 5) is 27.0. The summed E-state index contributed by atoms with van der Waals surface area (Å²) in [6.07, 6.45) is 1.14. The van der Waals surface area contributed by atoms with Gasteiger partial charge in [-0.3, -0.25) is 4.79 Å². The smallest absolute Gasteiger partial charge is 0.319 e. The molecule has 0 aliphatic carbocycles. The summed E-state index contributed by atoms with van der Waals surface area (Å²) >= 11 is 1.57. The van der Waals surface area contributed by atoms with Gasteiger partial charge >= 0.3 is 6.03 Å². The number of carbonyl (C=O) groups is 2. The number of benzene rings is 1. The Hall–Kier alpha value is -2.41. The molecule has 1 aromatic carbocycles. The van der Waals surface area contributed by atoms with E-state index in [2.05, 4.69) is 10.6 Å². The molecular weight excluding hydrogens is 329 g/mol. The first-order chi connectivity index (χ1) is 11.6. The summed E-state index contributed by atoms with van der Waals surface area (Å²) in [5, 5.41) is 7.46. The van der Waals surface area contributed by atoms with Gasteiger partial charge in [-0.25, -0.2) is 9.18 Å². The molecule has 2 heterocycles. The second-order valence-electron chi connectivity index (χ2n) is 5.69. The third kappa shape index (κ3) is 4.32. The minimum atomic E-state index is -0.350. The number of nitrogens with one attached hydrogen (secondary N) is 2. The number of anilines is 1. The van der Waals surface area contributed by atoms with E-state index in [1.165, 1.54) is 24.3 Å². The number of nitrogens with zero attached hydrogens (tertiary/aromatic N) is 1. The molecule has 24 heavy (non-hydrogen) atoms. The average Bonchev–Trinajstić information content (AvgIpc) is 3.21. The van der Waals surface area contributed by atoms with Crippen LogP contribution in [-0.2, 0) is 11.2 Å². The molecular formula is C17H18FN3O2S. The highest BCUT2D eigenvalue weighted by Crippen LogP contribution is 2.15. The second-order valence-corrected chi connectivity index (χ2v) is 6.72. The first kappa shape index (κ1) is 16.4. The number of rotatable bonds is 4. The molecule has 126 valence electrons. The van der Waals surface area contributed by atoms with E-state index in [9.17, 15) is 14.0 Å². The van der Waals surface area contributed by atoms with Gasteiger partial charge < -0.3 is 15.5 Å². The zero-order valence-electron chi connectivity index (χ0n) is 13.0. The number of amides is 3. The molecule has 2 aromatic rings. The van der Waals surface area contributed by atoms with Gasteiger partial charge in [0.15, 0.2) is 0 Å². The highest BCUT2D eigenvalue weighted by molar-refractivity contribution is 7.10. The van der Waals surface area contributed by atoms with Crippen molar-refractivity contribution in [2.75, 3.05) is 18.4 Å². The van der Waals surface area contributed by atoms with Gasteiger partial charge in [0.25, 0.3) is 0 Å². The van der Waals surface area contributed by atoms with Gasteiger partial charge in [-0.05, 0) is 42.1 Å². The number of urea groups is 1. The predicted molar refractivity (Wildman–Crippen MR) is 91.6 cm³/mol. The van der Waals surface area contributed by atoms with Crippen LogP contribution < -0.4 is 10.6 Å². The zero-order valence-corrected chi connectivity index (χ0v) is 13.8. The first-order valence-electron chi connectivity index (χ1n) is 7.73. The van der Waals surface area contributed by atoms with E-state index in [0.29, 0.717) is 25.2 Å². The lowest BCUT2D eigenvalue weighted by Crippen LogP contribution is -2.40. The standard InChI is InChI=1S/C17H18FN3O2S/c18-12-3-5-13(6-4-12)19-17(23)20-14-7-8-21(11-14)16(22)10-15-2-1-9-24-15/h1-6,9,14H,7-8,10-11H2,(H2,19,20,23)/t14-/m0/s1. The third-order valence-corrected chi connectivity index (χ3v) is 4.76. The summed E-state index contributed by atoms with van der Waals surface area (Å²) < 4.78 is 12.8. The van der Waals surface area contributed by atoms with Gasteiger partial charge in [0.05, 0.1) is 6.42 Å². The normalized spacial score (nSPS) is 16.9. The van der Waals surface area contributed by atoms with Crippen molar-refractivity contribution in [1.82, 2.24) is 10.2 Å². The Morgan fingerprint density at radius 3 is 2.75 bits per heavy atom. The molecule has 1 aliphatic rings. The van der Waals surface area contributed by atoms with Crippen LogP contribution in [0.3, 0.4) is 0 Å². The lowest BCUT2D eigenvalue weighted by atomic mass is 10.2. The lowest BCUT2D eigenvalue weighted by Gasteiger charge is -2.17. The Kier molecular flexibility index (Phi) is 5.10. The maximum absolute atomic E-state index is 12.8. The number of thiophene rings is 1. The molecule has 5 nitrogen and oxygen atoms in total. The number of hydrogen-bond acceptors (Lipinski definition) is 3. The summed E-state index contributed by atoms with van der Waals surface area (Å²) in [5.41, 5.74) is 0.525. The SMILES string of the molecule is O=C(Nc1ccc(F)cc1)N[C@H]1CCN(C(=O)Cc2cccs2)C1. The van der Waals surface area contributed by atoms with E-state index in [1.54, 1.807) is 16.2 Å². The monoisotopic (exact) mass is 347 g/mol. The zero-order chi connectivity index (χ0) is 16.9. The van der Waals surface area contributed by atoms with Crippen molar-refractivity contribution in [1.29, 1.82) is 0 Å². The van der Waals surface area contributed by atoms with E-state index < -0.39 is 0 Å². The van der Waals surface area contributed by atoms with Crippen molar-refractivity contribution >= 4 is 29.0 Å². The molecule has 3 amide bonds. The molecule has 2 N–H and O–H groups in total. The third-order valence-electron chi connectivity index (χ3n) is 3.88. The van der Waals surface area contributed by atoms with E-state index in [0.717, 1.165) is 11.3 Å². The van der Waals surface area contributed by atoms with Gasteiger partial charge in [-0.15, -0.1) is 11.3 Å². The van der Waals surface area contributed by atoms with Crippen molar-refractivity contribution in [2.24, 2.45) is 0 Å². The van der Waals surface area contributed by atoms with Crippen LogP contribution in [0.5, 0.6) is 0 Å². The predicted octanol–water partition coefficient (Wildman–Crippen LogP) is 2.85. The molecule has 3 rings (SSSR count). The highest BCUT2D eigenvalue weighted by atomic mass is 32.1. The molecule has 1 aromatic heterocycles. The Morgan fingerprint density at radius 2 is 2.04 bits per heavy atom. The molecule has 1 saturated heterocycles. The summed E-state index contributed by atoms with van der Waals surface area (Å²) in [6.45, 7) is 1.16. The van der Waals surface area contributed by atoms with Gasteiger partial charge in [-0.1, -0.05) is 6.07 Å². The van der Waals surface area contributed by atoms with Crippen LogP contribution in [0.2, 0.25) is 0 Å². The molecule has 0 spiro atoms. The van der Waals surface area contributed by atoms with Crippen LogP contribution in [0.15, 0.2) is 41.8 Å². The fourth-order valence-corrected chi connectivity index (χ4v) is 3.36. The van der Waals surface area contributed by atoms with E-state index in [4.69, 9.17) is 0 Å². The van der Waals surface area contributed by atoms with Crippen molar-refractivity contribution in [3.63, 3.8) is 0 Å². The van der Waals surface area contributed by atoms with Gasteiger partial charge in [0.1, 0.15) is 5.82 Å². The molecule has 7 heteroatoms. The van der Waals surface area contributed by atoms with Gasteiger partial charge in [-0.2, -0.15) is 0 Å². The van der Waals surface area contributed by atoms with Crippen molar-refractivity contribution in [3.05, 3.63) is 52.5 Å². The lowest BCUT2D eigenvalue weighted by molar-refractivity contribution is -0.129. The maximum Gasteiger partial charge on any atom is 0.319 e. The van der Waals surface area contributed by atoms with E-state index >= 15 is 0 Å². The number of halogens is 1. The van der Waals surface area contributed by atoms with Crippen LogP contribution in [0.4, 0.5) is 14.9 Å². The molecule has 1 aliphatic heterocycles. The van der Waals surface area contributed by atoms with Crippen molar-refractivity contribution < 1.29 is 14.0 Å². The number of likely N-dealkylation sites (tertiary alicyclic amines) is 1. The Bertz CT molecular complexity index is 703. The summed E-state index contributed by atoms with van der Waals surface area (Å²) in [7, 11) is 0. The Morgan fingerprint density at radius 1 is 1.25 bits per heavy atom. The van der Waals surface area contributed by atoms with Crippen LogP contribution in [0.25, 0.3) is 0 Å². The Labute approximate surface area is 143 Å². The van der Waals surface area contributed by atoms with Crippen LogP contribution in [-0.4, -0.2) is 36.0 Å². The molecule has 0 radical (unpaired) electrons. The number of hydrogen-bond donors (Lipinski definition) is 2.